The predicted octanol–water partition coefficient (Wildman–Crippen LogP) is 2.46. The Hall–Kier alpha value is -2.14. The fourth-order valence-electron chi connectivity index (χ4n) is 4.39. The van der Waals surface area contributed by atoms with Crippen molar-refractivity contribution in [3.05, 3.63) is 47.3 Å². The van der Waals surface area contributed by atoms with Gasteiger partial charge in [-0.3, -0.25) is 4.98 Å². The van der Waals surface area contributed by atoms with Gasteiger partial charge in [-0.2, -0.15) is 0 Å². The molecule has 0 bridgehead atoms. The number of benzene rings is 1. The molecule has 0 radical (unpaired) electrons. The Balaban J connectivity index is 1.55. The van der Waals surface area contributed by atoms with E-state index in [0.29, 0.717) is 5.82 Å². The molecule has 2 aromatic rings. The standard InChI is InChI=1S/C19H25N5/c1-2-15-18(23-16(20)12-22-15)24-9-7-19(8-10-24)11-13-5-3-4-6-14(13)17(19)21/h3-6,12,17H,2,7-11,21H2,1H3,(H2,20,23)/t17-/m1/s1. The minimum absolute atomic E-state index is 0.147. The molecule has 126 valence electrons. The van der Waals surface area contributed by atoms with Gasteiger partial charge in [0, 0.05) is 19.1 Å². The molecule has 1 atom stereocenters. The zero-order valence-corrected chi connectivity index (χ0v) is 14.2. The van der Waals surface area contributed by atoms with Crippen LogP contribution in [0.2, 0.25) is 0 Å². The van der Waals surface area contributed by atoms with Gasteiger partial charge in [-0.1, -0.05) is 31.2 Å². The van der Waals surface area contributed by atoms with Crippen molar-refractivity contribution in [2.75, 3.05) is 23.7 Å². The van der Waals surface area contributed by atoms with Crippen LogP contribution >= 0.6 is 0 Å². The van der Waals surface area contributed by atoms with Crippen molar-refractivity contribution in [1.29, 1.82) is 0 Å². The highest BCUT2D eigenvalue weighted by molar-refractivity contribution is 5.49. The van der Waals surface area contributed by atoms with E-state index in [1.807, 2.05) is 0 Å². The van der Waals surface area contributed by atoms with Crippen LogP contribution in [0.1, 0.15) is 42.6 Å². The second-order valence-electron chi connectivity index (χ2n) is 7.12. The highest BCUT2D eigenvalue weighted by Gasteiger charge is 2.46. The Labute approximate surface area is 143 Å². The number of rotatable bonds is 2. The molecular weight excluding hydrogens is 298 g/mol. The Morgan fingerprint density at radius 1 is 1.25 bits per heavy atom. The predicted molar refractivity (Wildman–Crippen MR) is 96.8 cm³/mol. The van der Waals surface area contributed by atoms with Crippen LogP contribution in [0.25, 0.3) is 0 Å². The third-order valence-corrected chi connectivity index (χ3v) is 5.83. The van der Waals surface area contributed by atoms with Gasteiger partial charge in [-0.15, -0.1) is 0 Å². The van der Waals surface area contributed by atoms with Gasteiger partial charge in [-0.25, -0.2) is 4.98 Å². The van der Waals surface area contributed by atoms with E-state index in [1.165, 1.54) is 11.1 Å². The first kappa shape index (κ1) is 15.4. The second kappa shape index (κ2) is 5.74. The third-order valence-electron chi connectivity index (χ3n) is 5.83. The number of nitrogens with zero attached hydrogens (tertiary/aromatic N) is 3. The summed E-state index contributed by atoms with van der Waals surface area (Å²) in [4.78, 5) is 11.3. The lowest BCUT2D eigenvalue weighted by molar-refractivity contribution is 0.187. The molecule has 4 rings (SSSR count). The van der Waals surface area contributed by atoms with Crippen molar-refractivity contribution >= 4 is 11.6 Å². The normalized spacial score (nSPS) is 21.9. The van der Waals surface area contributed by atoms with Crippen molar-refractivity contribution < 1.29 is 0 Å². The highest BCUT2D eigenvalue weighted by atomic mass is 15.2. The fraction of sp³-hybridized carbons (Fsp3) is 0.474. The van der Waals surface area contributed by atoms with E-state index in [9.17, 15) is 0 Å². The topological polar surface area (TPSA) is 81.1 Å². The van der Waals surface area contributed by atoms with E-state index in [2.05, 4.69) is 46.1 Å². The molecule has 1 aromatic carbocycles. The zero-order chi connectivity index (χ0) is 16.7. The minimum Gasteiger partial charge on any atom is -0.382 e. The molecule has 24 heavy (non-hydrogen) atoms. The maximum Gasteiger partial charge on any atom is 0.152 e. The highest BCUT2D eigenvalue weighted by Crippen LogP contribution is 2.50. The lowest BCUT2D eigenvalue weighted by atomic mass is 9.73. The number of hydrogen-bond acceptors (Lipinski definition) is 5. The average molecular weight is 323 g/mol. The maximum absolute atomic E-state index is 6.65. The molecular formula is C19H25N5. The van der Waals surface area contributed by atoms with E-state index >= 15 is 0 Å². The smallest absolute Gasteiger partial charge is 0.152 e. The van der Waals surface area contributed by atoms with Crippen LogP contribution in [-0.2, 0) is 12.8 Å². The quantitative estimate of drug-likeness (QED) is 0.887. The number of aromatic nitrogens is 2. The van der Waals surface area contributed by atoms with E-state index in [0.717, 1.165) is 50.3 Å². The average Bonchev–Trinajstić information content (AvgIpc) is 2.88. The van der Waals surface area contributed by atoms with Crippen LogP contribution in [0.3, 0.4) is 0 Å². The number of piperidine rings is 1. The van der Waals surface area contributed by atoms with Crippen LogP contribution in [-0.4, -0.2) is 23.1 Å². The lowest BCUT2D eigenvalue weighted by Crippen LogP contribution is -2.45. The van der Waals surface area contributed by atoms with Crippen LogP contribution in [0.15, 0.2) is 30.5 Å². The Morgan fingerprint density at radius 2 is 2.00 bits per heavy atom. The van der Waals surface area contributed by atoms with Gasteiger partial charge in [0.15, 0.2) is 5.82 Å². The summed E-state index contributed by atoms with van der Waals surface area (Å²) < 4.78 is 0. The van der Waals surface area contributed by atoms with Crippen LogP contribution in [0.5, 0.6) is 0 Å². The van der Waals surface area contributed by atoms with Gasteiger partial charge in [-0.05, 0) is 42.2 Å². The van der Waals surface area contributed by atoms with Gasteiger partial charge >= 0.3 is 0 Å². The first-order valence-electron chi connectivity index (χ1n) is 8.83. The molecule has 2 aliphatic rings. The van der Waals surface area contributed by atoms with Gasteiger partial charge in [0.25, 0.3) is 0 Å². The number of nitrogen functional groups attached to an aromatic ring is 1. The first-order chi connectivity index (χ1) is 11.6. The molecule has 5 heteroatoms. The molecule has 1 fully saturated rings. The van der Waals surface area contributed by atoms with E-state index in [4.69, 9.17) is 11.5 Å². The number of aryl methyl sites for hydroxylation is 1. The maximum atomic E-state index is 6.65. The fourth-order valence-corrected chi connectivity index (χ4v) is 4.39. The van der Waals surface area contributed by atoms with E-state index in [1.54, 1.807) is 6.20 Å². The molecule has 0 unspecified atom stereocenters. The van der Waals surface area contributed by atoms with Gasteiger partial charge in [0.05, 0.1) is 11.9 Å². The third kappa shape index (κ3) is 2.35. The van der Waals surface area contributed by atoms with Crippen molar-refractivity contribution in [2.24, 2.45) is 11.1 Å². The summed E-state index contributed by atoms with van der Waals surface area (Å²) >= 11 is 0. The van der Waals surface area contributed by atoms with Crippen LogP contribution in [0.4, 0.5) is 11.6 Å². The number of nitrogens with two attached hydrogens (primary N) is 2. The number of fused-ring (bicyclic) bond motifs is 1. The van der Waals surface area contributed by atoms with Gasteiger partial charge in [0.2, 0.25) is 0 Å². The lowest BCUT2D eigenvalue weighted by Gasteiger charge is -2.43. The van der Waals surface area contributed by atoms with Crippen LogP contribution < -0.4 is 16.4 Å². The molecule has 4 N–H and O–H groups in total. The largest absolute Gasteiger partial charge is 0.382 e. The van der Waals surface area contributed by atoms with Crippen molar-refractivity contribution in [3.8, 4) is 0 Å². The molecule has 5 nitrogen and oxygen atoms in total. The number of hydrogen-bond donors (Lipinski definition) is 2. The van der Waals surface area contributed by atoms with Crippen LogP contribution in [0, 0.1) is 5.41 Å². The molecule has 2 heterocycles. The van der Waals surface area contributed by atoms with Gasteiger partial charge < -0.3 is 16.4 Å². The molecule has 1 aliphatic heterocycles. The summed E-state index contributed by atoms with van der Waals surface area (Å²) in [5.41, 5.74) is 16.5. The summed E-state index contributed by atoms with van der Waals surface area (Å²) in [7, 11) is 0. The number of anilines is 2. The monoisotopic (exact) mass is 323 g/mol. The zero-order valence-electron chi connectivity index (χ0n) is 14.2. The Bertz CT molecular complexity index is 749. The molecule has 0 amide bonds. The van der Waals surface area contributed by atoms with E-state index in [-0.39, 0.29) is 11.5 Å². The minimum atomic E-state index is 0.147. The molecule has 0 saturated carbocycles. The summed E-state index contributed by atoms with van der Waals surface area (Å²) in [6, 6.07) is 8.79. The summed E-state index contributed by atoms with van der Waals surface area (Å²) in [5.74, 6) is 1.45. The summed E-state index contributed by atoms with van der Waals surface area (Å²) in [6.07, 6.45) is 5.79. The van der Waals surface area contributed by atoms with Crippen molar-refractivity contribution in [3.63, 3.8) is 0 Å². The first-order valence-corrected chi connectivity index (χ1v) is 8.83. The summed E-state index contributed by atoms with van der Waals surface area (Å²) in [6.45, 7) is 4.04. The Morgan fingerprint density at radius 3 is 2.71 bits per heavy atom. The SMILES string of the molecule is CCc1ncc(N)nc1N1CCC2(CC1)Cc1ccccc1[C@H]2N. The Kier molecular flexibility index (Phi) is 3.68. The van der Waals surface area contributed by atoms with Crippen molar-refractivity contribution in [1.82, 2.24) is 9.97 Å². The van der Waals surface area contributed by atoms with Crippen molar-refractivity contribution in [2.45, 2.75) is 38.6 Å². The summed E-state index contributed by atoms with van der Waals surface area (Å²) in [5, 5.41) is 0. The molecule has 1 aromatic heterocycles. The molecule has 1 spiro atoms. The molecule has 1 aliphatic carbocycles. The molecule has 1 saturated heterocycles. The van der Waals surface area contributed by atoms with E-state index < -0.39 is 0 Å². The second-order valence-corrected chi connectivity index (χ2v) is 7.12. The van der Waals surface area contributed by atoms with Gasteiger partial charge in [0.1, 0.15) is 5.82 Å².